The second kappa shape index (κ2) is 7.97. The molecule has 0 saturated heterocycles. The van der Waals surface area contributed by atoms with Crippen LogP contribution >= 0.6 is 34.5 Å². The zero-order valence-corrected chi connectivity index (χ0v) is 19.9. The molecule has 1 amide bonds. The molecule has 3 atom stereocenters. The molecule has 9 heteroatoms. The maximum absolute atomic E-state index is 13.1. The summed E-state index contributed by atoms with van der Waals surface area (Å²) >= 11 is 13.3. The molecule has 2 N–H and O–H groups in total. The minimum Gasteiger partial charge on any atom is -0.452 e. The van der Waals surface area contributed by atoms with Crippen LogP contribution in [0.5, 0.6) is 0 Å². The zero-order valence-electron chi connectivity index (χ0n) is 17.6. The summed E-state index contributed by atoms with van der Waals surface area (Å²) < 4.78 is 5.62. The summed E-state index contributed by atoms with van der Waals surface area (Å²) in [4.78, 5) is 30.2. The van der Waals surface area contributed by atoms with Crippen LogP contribution in [0.3, 0.4) is 0 Å². The van der Waals surface area contributed by atoms with Crippen LogP contribution < -0.4 is 5.32 Å². The highest BCUT2D eigenvalue weighted by atomic mass is 35.5. The number of hydrogen-bond acceptors (Lipinski definition) is 6. The van der Waals surface area contributed by atoms with Gasteiger partial charge in [-0.2, -0.15) is 0 Å². The normalized spacial score (nSPS) is 31.4. The van der Waals surface area contributed by atoms with Gasteiger partial charge in [0.2, 0.25) is 0 Å². The minimum absolute atomic E-state index is 0.358. The fourth-order valence-electron chi connectivity index (χ4n) is 6.12. The maximum atomic E-state index is 13.1. The largest absolute Gasteiger partial charge is 0.452 e. The number of rotatable bonds is 5. The molecule has 4 saturated carbocycles. The number of aromatic nitrogens is 1. The molecule has 32 heavy (non-hydrogen) atoms. The number of benzene rings is 1. The van der Waals surface area contributed by atoms with Crippen molar-refractivity contribution in [1.82, 2.24) is 4.98 Å². The van der Waals surface area contributed by atoms with Crippen LogP contribution in [0.1, 0.15) is 45.4 Å². The molecule has 0 aliphatic heterocycles. The minimum atomic E-state index is -0.956. The van der Waals surface area contributed by atoms with Crippen LogP contribution in [0, 0.1) is 17.3 Å². The van der Waals surface area contributed by atoms with Gasteiger partial charge in [0, 0.05) is 10.9 Å². The van der Waals surface area contributed by atoms with Gasteiger partial charge in [-0.3, -0.25) is 14.9 Å². The Balaban J connectivity index is 1.23. The van der Waals surface area contributed by atoms with Gasteiger partial charge >= 0.3 is 5.97 Å². The lowest BCUT2D eigenvalue weighted by molar-refractivity contribution is -0.199. The average Bonchev–Trinajstić information content (AvgIpc) is 3.16. The molecule has 170 valence electrons. The standard InChI is InChI=1S/C23H24Cl2N2O4S/c1-12(31-20(29)22-6-13-4-14(7-22)9-23(30,8-13)11-22)19(28)27-21-26-18(10-32-21)15-2-3-16(24)17(25)5-15/h2-3,5,10,12-14,30H,4,6-9,11H2,1H3,(H,26,27,28)/t12-,13-,14-,22?,23?/m0/s1. The Kier molecular flexibility index (Phi) is 5.52. The van der Waals surface area contributed by atoms with Crippen LogP contribution in [0.25, 0.3) is 11.3 Å². The van der Waals surface area contributed by atoms with E-state index in [0.717, 1.165) is 37.7 Å². The van der Waals surface area contributed by atoms with E-state index in [4.69, 9.17) is 27.9 Å². The van der Waals surface area contributed by atoms with E-state index in [1.165, 1.54) is 11.3 Å². The first kappa shape index (κ1) is 22.1. The van der Waals surface area contributed by atoms with Gasteiger partial charge in [0.25, 0.3) is 5.91 Å². The first-order valence-electron chi connectivity index (χ1n) is 10.8. The Morgan fingerprint density at radius 1 is 1.22 bits per heavy atom. The number of amides is 1. The number of anilines is 1. The molecule has 1 aromatic carbocycles. The number of thiazole rings is 1. The van der Waals surface area contributed by atoms with Crippen molar-refractivity contribution in [3.05, 3.63) is 33.6 Å². The quantitative estimate of drug-likeness (QED) is 0.549. The summed E-state index contributed by atoms with van der Waals surface area (Å²) in [5, 5.41) is 16.7. The van der Waals surface area contributed by atoms with Crippen molar-refractivity contribution in [3.63, 3.8) is 0 Å². The molecule has 0 radical (unpaired) electrons. The van der Waals surface area contributed by atoms with Crippen molar-refractivity contribution in [3.8, 4) is 11.3 Å². The molecule has 1 aromatic heterocycles. The Morgan fingerprint density at radius 2 is 1.94 bits per heavy atom. The fourth-order valence-corrected chi connectivity index (χ4v) is 7.14. The Morgan fingerprint density at radius 3 is 2.59 bits per heavy atom. The predicted molar refractivity (Wildman–Crippen MR) is 124 cm³/mol. The van der Waals surface area contributed by atoms with E-state index >= 15 is 0 Å². The average molecular weight is 495 g/mol. The SMILES string of the molecule is C[C@H](OC(=O)C12C[C@@H]3C[C@H](CC(O)(C3)C1)C2)C(=O)Nc1nc(-c2ccc(Cl)c(Cl)c2)cs1. The van der Waals surface area contributed by atoms with Crippen molar-refractivity contribution < 1.29 is 19.4 Å². The lowest BCUT2D eigenvalue weighted by Gasteiger charge is -2.58. The van der Waals surface area contributed by atoms with E-state index in [1.807, 2.05) is 5.38 Å². The van der Waals surface area contributed by atoms with Gasteiger partial charge in [-0.05, 0) is 69.4 Å². The molecular weight excluding hydrogens is 471 g/mol. The number of carbonyl (C=O) groups is 2. The summed E-state index contributed by atoms with van der Waals surface area (Å²) in [6.07, 6.45) is 3.62. The molecule has 4 aliphatic rings. The predicted octanol–water partition coefficient (Wildman–Crippen LogP) is 5.32. The van der Waals surface area contributed by atoms with Crippen LogP contribution in [0.4, 0.5) is 5.13 Å². The van der Waals surface area contributed by atoms with Gasteiger partial charge in [-0.1, -0.05) is 29.3 Å². The second-order valence-electron chi connectivity index (χ2n) is 9.67. The molecule has 0 unspecified atom stereocenters. The fraction of sp³-hybridized carbons (Fsp3) is 0.522. The smallest absolute Gasteiger partial charge is 0.312 e. The van der Waals surface area contributed by atoms with Gasteiger partial charge < -0.3 is 9.84 Å². The molecule has 4 bridgehead atoms. The summed E-state index contributed by atoms with van der Waals surface area (Å²) in [5.41, 5.74) is 0.0390. The second-order valence-corrected chi connectivity index (χ2v) is 11.3. The van der Waals surface area contributed by atoms with Crippen molar-refractivity contribution in [2.75, 3.05) is 5.32 Å². The van der Waals surface area contributed by atoms with Gasteiger partial charge in [-0.25, -0.2) is 4.98 Å². The number of esters is 1. The maximum Gasteiger partial charge on any atom is 0.312 e. The lowest BCUT2D eigenvalue weighted by atomic mass is 9.48. The highest BCUT2D eigenvalue weighted by Crippen LogP contribution is 2.62. The number of carbonyl (C=O) groups excluding carboxylic acids is 2. The van der Waals surface area contributed by atoms with Crippen LogP contribution in [0.15, 0.2) is 23.6 Å². The van der Waals surface area contributed by atoms with Crippen LogP contribution in [-0.2, 0) is 14.3 Å². The van der Waals surface area contributed by atoms with E-state index < -0.39 is 23.0 Å². The summed E-state index contributed by atoms with van der Waals surface area (Å²) in [7, 11) is 0. The lowest BCUT2D eigenvalue weighted by Crippen LogP contribution is -2.59. The van der Waals surface area contributed by atoms with Crippen molar-refractivity contribution in [1.29, 1.82) is 0 Å². The Hall–Kier alpha value is -1.67. The molecule has 0 spiro atoms. The number of nitrogens with zero attached hydrogens (tertiary/aromatic N) is 1. The van der Waals surface area contributed by atoms with Gasteiger partial charge in [0.15, 0.2) is 11.2 Å². The third-order valence-corrected chi connectivity index (χ3v) is 8.56. The summed E-state index contributed by atoms with van der Waals surface area (Å²) in [6.45, 7) is 1.57. The van der Waals surface area contributed by atoms with E-state index in [2.05, 4.69) is 10.3 Å². The van der Waals surface area contributed by atoms with Crippen LogP contribution in [0.2, 0.25) is 10.0 Å². The van der Waals surface area contributed by atoms with E-state index in [0.29, 0.717) is 39.1 Å². The van der Waals surface area contributed by atoms with Crippen molar-refractivity contribution in [2.45, 2.75) is 57.2 Å². The highest BCUT2D eigenvalue weighted by molar-refractivity contribution is 7.14. The summed E-state index contributed by atoms with van der Waals surface area (Å²) in [6, 6.07) is 5.21. The number of hydrogen-bond donors (Lipinski definition) is 2. The first-order chi connectivity index (χ1) is 15.1. The third-order valence-electron chi connectivity index (χ3n) is 7.07. The molecule has 6 rings (SSSR count). The van der Waals surface area contributed by atoms with E-state index in [9.17, 15) is 14.7 Å². The van der Waals surface area contributed by atoms with Crippen LogP contribution in [-0.4, -0.2) is 33.7 Å². The molecule has 6 nitrogen and oxygen atoms in total. The number of halogens is 2. The van der Waals surface area contributed by atoms with Gasteiger partial charge in [-0.15, -0.1) is 11.3 Å². The molecule has 1 heterocycles. The molecule has 4 aliphatic carbocycles. The number of ether oxygens (including phenoxy) is 1. The van der Waals surface area contributed by atoms with Gasteiger partial charge in [0.05, 0.1) is 26.8 Å². The van der Waals surface area contributed by atoms with Gasteiger partial charge in [0.1, 0.15) is 0 Å². The monoisotopic (exact) mass is 494 g/mol. The molecule has 2 aromatic rings. The third kappa shape index (κ3) is 4.04. The number of aliphatic hydroxyl groups is 1. The number of nitrogens with one attached hydrogen (secondary N) is 1. The Labute approximate surface area is 200 Å². The molecule has 4 fully saturated rings. The van der Waals surface area contributed by atoms with Crippen molar-refractivity contribution in [2.24, 2.45) is 17.3 Å². The first-order valence-corrected chi connectivity index (χ1v) is 12.4. The molecular formula is C23H24Cl2N2O4S. The summed E-state index contributed by atoms with van der Waals surface area (Å²) in [5.74, 6) is -0.0544. The van der Waals surface area contributed by atoms with Crippen molar-refractivity contribution >= 4 is 51.5 Å². The Bertz CT molecular complexity index is 1070. The zero-order chi connectivity index (χ0) is 22.7. The van der Waals surface area contributed by atoms with E-state index in [-0.39, 0.29) is 5.97 Å². The van der Waals surface area contributed by atoms with E-state index in [1.54, 1.807) is 25.1 Å². The highest BCUT2D eigenvalue weighted by Gasteiger charge is 2.61. The topological polar surface area (TPSA) is 88.5 Å².